The molecule has 0 aromatic carbocycles. The van der Waals surface area contributed by atoms with Crippen LogP contribution in [-0.2, 0) is 6.42 Å². The van der Waals surface area contributed by atoms with E-state index in [1.165, 1.54) is 12.8 Å². The monoisotopic (exact) mass is 234 g/mol. The summed E-state index contributed by atoms with van der Waals surface area (Å²) in [5.74, 6) is 0.539. The molecule has 94 valence electrons. The topological polar surface area (TPSA) is 63.3 Å². The summed E-state index contributed by atoms with van der Waals surface area (Å²) in [6.45, 7) is 3.77. The van der Waals surface area contributed by atoms with Gasteiger partial charge in [0.15, 0.2) is 5.96 Å². The first-order valence-electron chi connectivity index (χ1n) is 6.26. The van der Waals surface area contributed by atoms with Gasteiger partial charge in [-0.05, 0) is 18.6 Å². The first-order chi connectivity index (χ1) is 8.33. The molecule has 0 saturated carbocycles. The molecule has 0 bridgehead atoms. The lowest BCUT2D eigenvalue weighted by atomic mass is 10.2. The van der Waals surface area contributed by atoms with Crippen molar-refractivity contribution < 1.29 is 0 Å². The van der Waals surface area contributed by atoms with Crippen LogP contribution in [0.5, 0.6) is 0 Å². The number of unbranched alkanes of at least 4 members (excludes halogenated alkanes) is 2. The highest BCUT2D eigenvalue weighted by atomic mass is 15.1. The molecule has 0 aliphatic rings. The Bertz CT molecular complexity index is 321. The third-order valence-electron chi connectivity index (χ3n) is 2.46. The highest BCUT2D eigenvalue weighted by Gasteiger charge is 1.94. The lowest BCUT2D eigenvalue weighted by molar-refractivity contribution is 0.723. The number of nitrogens with two attached hydrogens (primary N) is 1. The van der Waals surface area contributed by atoms with Gasteiger partial charge >= 0.3 is 0 Å². The van der Waals surface area contributed by atoms with Crippen molar-refractivity contribution in [1.82, 2.24) is 10.3 Å². The molecule has 1 rings (SSSR count). The van der Waals surface area contributed by atoms with E-state index in [0.717, 1.165) is 31.6 Å². The van der Waals surface area contributed by atoms with E-state index < -0.39 is 0 Å². The summed E-state index contributed by atoms with van der Waals surface area (Å²) in [4.78, 5) is 8.50. The second kappa shape index (κ2) is 8.56. The van der Waals surface area contributed by atoms with Gasteiger partial charge in [0.1, 0.15) is 0 Å². The number of aromatic nitrogens is 1. The van der Waals surface area contributed by atoms with Crippen molar-refractivity contribution >= 4 is 5.96 Å². The van der Waals surface area contributed by atoms with Gasteiger partial charge in [0.2, 0.25) is 0 Å². The second-order valence-electron chi connectivity index (χ2n) is 3.97. The number of hydrogen-bond acceptors (Lipinski definition) is 2. The Balaban J connectivity index is 2.13. The van der Waals surface area contributed by atoms with Crippen molar-refractivity contribution in [3.8, 4) is 0 Å². The molecular formula is C13H22N4. The number of nitrogens with zero attached hydrogens (tertiary/aromatic N) is 2. The van der Waals surface area contributed by atoms with Crippen molar-refractivity contribution in [3.63, 3.8) is 0 Å². The standard InChI is InChI=1S/C13H22N4/c1-2-3-5-10-16-13(14)17-11-8-12-7-4-6-9-15-12/h4,6-7,9H,2-3,5,8,10-11H2,1H3,(H3,14,16,17). The first kappa shape index (κ1) is 13.5. The highest BCUT2D eigenvalue weighted by molar-refractivity contribution is 5.77. The Hall–Kier alpha value is -1.58. The van der Waals surface area contributed by atoms with Crippen LogP contribution in [0.15, 0.2) is 29.4 Å². The van der Waals surface area contributed by atoms with E-state index >= 15 is 0 Å². The largest absolute Gasteiger partial charge is 0.370 e. The summed E-state index contributed by atoms with van der Waals surface area (Å²) in [5, 5.41) is 3.10. The number of pyridine rings is 1. The van der Waals surface area contributed by atoms with Crippen LogP contribution in [0.25, 0.3) is 0 Å². The van der Waals surface area contributed by atoms with Gasteiger partial charge in [0, 0.05) is 31.4 Å². The fraction of sp³-hybridized carbons (Fsp3) is 0.538. The Morgan fingerprint density at radius 1 is 1.41 bits per heavy atom. The van der Waals surface area contributed by atoms with Gasteiger partial charge < -0.3 is 11.1 Å². The van der Waals surface area contributed by atoms with E-state index in [9.17, 15) is 0 Å². The average molecular weight is 234 g/mol. The Labute approximate surface area is 103 Å². The van der Waals surface area contributed by atoms with Crippen LogP contribution in [0.2, 0.25) is 0 Å². The van der Waals surface area contributed by atoms with Crippen LogP contribution < -0.4 is 11.1 Å². The summed E-state index contributed by atoms with van der Waals surface area (Å²) in [6.07, 6.45) is 6.20. The van der Waals surface area contributed by atoms with Gasteiger partial charge in [0.05, 0.1) is 0 Å². The molecule has 0 aliphatic heterocycles. The van der Waals surface area contributed by atoms with Crippen LogP contribution in [-0.4, -0.2) is 24.0 Å². The zero-order valence-electron chi connectivity index (χ0n) is 10.5. The van der Waals surface area contributed by atoms with Crippen molar-refractivity contribution in [3.05, 3.63) is 30.1 Å². The predicted octanol–water partition coefficient (Wildman–Crippen LogP) is 1.72. The minimum absolute atomic E-state index is 0.539. The van der Waals surface area contributed by atoms with Gasteiger partial charge in [-0.3, -0.25) is 9.98 Å². The normalized spacial score (nSPS) is 11.5. The lowest BCUT2D eigenvalue weighted by Crippen LogP contribution is -2.33. The Morgan fingerprint density at radius 3 is 3.00 bits per heavy atom. The Kier molecular flexibility index (Phi) is 6.79. The molecule has 0 saturated heterocycles. The molecule has 1 heterocycles. The third-order valence-corrected chi connectivity index (χ3v) is 2.46. The van der Waals surface area contributed by atoms with Gasteiger partial charge in [-0.15, -0.1) is 0 Å². The zero-order chi connectivity index (χ0) is 12.3. The second-order valence-corrected chi connectivity index (χ2v) is 3.97. The minimum Gasteiger partial charge on any atom is -0.370 e. The fourth-order valence-electron chi connectivity index (χ4n) is 1.48. The van der Waals surface area contributed by atoms with Crippen LogP contribution in [0.4, 0.5) is 0 Å². The van der Waals surface area contributed by atoms with Crippen molar-refractivity contribution in [2.24, 2.45) is 10.7 Å². The van der Waals surface area contributed by atoms with Crippen LogP contribution in [0, 0.1) is 0 Å². The Morgan fingerprint density at radius 2 is 2.29 bits per heavy atom. The summed E-state index contributed by atoms with van der Waals surface area (Å²) < 4.78 is 0. The maximum absolute atomic E-state index is 5.74. The van der Waals surface area contributed by atoms with Gasteiger partial charge in [-0.2, -0.15) is 0 Å². The molecule has 0 unspecified atom stereocenters. The van der Waals surface area contributed by atoms with E-state index in [-0.39, 0.29) is 0 Å². The number of nitrogens with one attached hydrogen (secondary N) is 1. The molecule has 0 fully saturated rings. The van der Waals surface area contributed by atoms with Crippen LogP contribution in [0.3, 0.4) is 0 Å². The highest BCUT2D eigenvalue weighted by Crippen LogP contribution is 1.94. The van der Waals surface area contributed by atoms with Gasteiger partial charge in [0.25, 0.3) is 0 Å². The maximum atomic E-state index is 5.74. The first-order valence-corrected chi connectivity index (χ1v) is 6.26. The molecule has 17 heavy (non-hydrogen) atoms. The van der Waals surface area contributed by atoms with Gasteiger partial charge in [-0.1, -0.05) is 25.8 Å². The average Bonchev–Trinajstić information content (AvgIpc) is 2.36. The molecular weight excluding hydrogens is 212 g/mol. The van der Waals surface area contributed by atoms with Crippen LogP contribution >= 0.6 is 0 Å². The van der Waals surface area contributed by atoms with Gasteiger partial charge in [-0.25, -0.2) is 0 Å². The molecule has 1 aromatic rings. The van der Waals surface area contributed by atoms with E-state index in [0.29, 0.717) is 5.96 Å². The van der Waals surface area contributed by atoms with E-state index in [2.05, 4.69) is 22.2 Å². The lowest BCUT2D eigenvalue weighted by Gasteiger charge is -2.05. The molecule has 0 radical (unpaired) electrons. The number of aliphatic imine (C=N–C) groups is 1. The molecule has 1 aromatic heterocycles. The quantitative estimate of drug-likeness (QED) is 0.429. The third kappa shape index (κ3) is 6.56. The fourth-order valence-corrected chi connectivity index (χ4v) is 1.48. The molecule has 0 amide bonds. The van der Waals surface area contributed by atoms with Crippen LogP contribution in [0.1, 0.15) is 31.9 Å². The molecule has 4 heteroatoms. The SMILES string of the molecule is CCCCCN=C(N)NCCc1ccccn1. The molecule has 4 nitrogen and oxygen atoms in total. The summed E-state index contributed by atoms with van der Waals surface area (Å²) in [6, 6.07) is 5.92. The van der Waals surface area contributed by atoms with Crippen molar-refractivity contribution in [2.45, 2.75) is 32.6 Å². The molecule has 3 N–H and O–H groups in total. The zero-order valence-corrected chi connectivity index (χ0v) is 10.5. The smallest absolute Gasteiger partial charge is 0.188 e. The predicted molar refractivity (Wildman–Crippen MR) is 72.0 cm³/mol. The number of rotatable bonds is 7. The molecule has 0 atom stereocenters. The minimum atomic E-state index is 0.539. The summed E-state index contributed by atoms with van der Waals surface area (Å²) in [7, 11) is 0. The van der Waals surface area contributed by atoms with E-state index in [4.69, 9.17) is 5.73 Å². The van der Waals surface area contributed by atoms with Crippen molar-refractivity contribution in [2.75, 3.05) is 13.1 Å². The molecule has 0 aliphatic carbocycles. The van der Waals surface area contributed by atoms with Crippen molar-refractivity contribution in [1.29, 1.82) is 0 Å². The van der Waals surface area contributed by atoms with E-state index in [1.54, 1.807) is 6.20 Å². The molecule has 0 spiro atoms. The summed E-state index contributed by atoms with van der Waals surface area (Å²) >= 11 is 0. The maximum Gasteiger partial charge on any atom is 0.188 e. The number of guanidine groups is 1. The summed E-state index contributed by atoms with van der Waals surface area (Å²) in [5.41, 5.74) is 6.81. The number of hydrogen-bond donors (Lipinski definition) is 2. The van der Waals surface area contributed by atoms with E-state index in [1.807, 2.05) is 18.2 Å².